The maximum atomic E-state index is 11.4. The zero-order valence-electron chi connectivity index (χ0n) is 8.47. The molecule has 2 N–H and O–H groups in total. The largest absolute Gasteiger partial charge is 0.468 e. The van der Waals surface area contributed by atoms with Gasteiger partial charge in [-0.2, -0.15) is 0 Å². The first-order chi connectivity index (χ1) is 7.84. The van der Waals surface area contributed by atoms with Crippen LogP contribution in [0.25, 0.3) is 0 Å². The van der Waals surface area contributed by atoms with Crippen molar-refractivity contribution in [1.29, 1.82) is 0 Å². The van der Waals surface area contributed by atoms with E-state index in [1.807, 2.05) is 17.5 Å². The summed E-state index contributed by atoms with van der Waals surface area (Å²) in [5.41, 5.74) is 0. The van der Waals surface area contributed by atoms with Gasteiger partial charge in [0.15, 0.2) is 5.13 Å². The number of carbonyl (C=O) groups excluding carboxylic acids is 1. The van der Waals surface area contributed by atoms with Crippen LogP contribution in [0, 0.1) is 0 Å². The van der Waals surface area contributed by atoms with E-state index in [9.17, 15) is 4.79 Å². The Morgan fingerprint density at radius 2 is 2.50 bits per heavy atom. The number of nitrogens with zero attached hydrogens (tertiary/aromatic N) is 1. The summed E-state index contributed by atoms with van der Waals surface area (Å²) >= 11 is 1.39. The Bertz CT molecular complexity index is 425. The van der Waals surface area contributed by atoms with Crippen LogP contribution in [0.5, 0.6) is 0 Å². The van der Waals surface area contributed by atoms with Gasteiger partial charge in [-0.25, -0.2) is 4.98 Å². The van der Waals surface area contributed by atoms with Gasteiger partial charge in [0, 0.05) is 11.6 Å². The fourth-order valence-electron chi connectivity index (χ4n) is 1.16. The number of nitrogens with one attached hydrogen (secondary N) is 2. The van der Waals surface area contributed by atoms with Gasteiger partial charge >= 0.3 is 0 Å². The SMILES string of the molecule is O=C(CNCc1ccco1)Nc1nccs1. The number of furan rings is 1. The molecule has 0 fully saturated rings. The summed E-state index contributed by atoms with van der Waals surface area (Å²) < 4.78 is 5.12. The highest BCUT2D eigenvalue weighted by Crippen LogP contribution is 2.09. The highest BCUT2D eigenvalue weighted by Gasteiger charge is 2.03. The molecule has 2 heterocycles. The number of thiazole rings is 1. The third-order valence-corrected chi connectivity index (χ3v) is 2.53. The van der Waals surface area contributed by atoms with Crippen molar-refractivity contribution in [2.75, 3.05) is 11.9 Å². The fourth-order valence-corrected chi connectivity index (χ4v) is 1.71. The van der Waals surface area contributed by atoms with Gasteiger partial charge in [-0.3, -0.25) is 4.79 Å². The van der Waals surface area contributed by atoms with Crippen LogP contribution in [0.4, 0.5) is 5.13 Å². The minimum absolute atomic E-state index is 0.110. The van der Waals surface area contributed by atoms with E-state index in [0.29, 0.717) is 11.7 Å². The number of amides is 1. The molecule has 16 heavy (non-hydrogen) atoms. The zero-order chi connectivity index (χ0) is 11.2. The van der Waals surface area contributed by atoms with Crippen molar-refractivity contribution in [2.45, 2.75) is 6.54 Å². The van der Waals surface area contributed by atoms with Crippen LogP contribution in [-0.4, -0.2) is 17.4 Å². The molecule has 0 spiro atoms. The summed E-state index contributed by atoms with van der Waals surface area (Å²) in [6.45, 7) is 0.776. The van der Waals surface area contributed by atoms with E-state index >= 15 is 0 Å². The van der Waals surface area contributed by atoms with E-state index in [1.165, 1.54) is 11.3 Å². The quantitative estimate of drug-likeness (QED) is 0.826. The van der Waals surface area contributed by atoms with Crippen molar-refractivity contribution in [2.24, 2.45) is 0 Å². The van der Waals surface area contributed by atoms with Crippen LogP contribution < -0.4 is 10.6 Å². The van der Waals surface area contributed by atoms with E-state index in [2.05, 4.69) is 15.6 Å². The van der Waals surface area contributed by atoms with Crippen molar-refractivity contribution < 1.29 is 9.21 Å². The molecule has 0 saturated carbocycles. The van der Waals surface area contributed by atoms with E-state index < -0.39 is 0 Å². The Labute approximate surface area is 96.5 Å². The van der Waals surface area contributed by atoms with Crippen LogP contribution in [-0.2, 0) is 11.3 Å². The molecule has 0 radical (unpaired) electrons. The van der Waals surface area contributed by atoms with Gasteiger partial charge in [0.2, 0.25) is 5.91 Å². The predicted molar refractivity (Wildman–Crippen MR) is 61.2 cm³/mol. The topological polar surface area (TPSA) is 67.2 Å². The molecule has 0 saturated heterocycles. The molecule has 0 aliphatic carbocycles. The van der Waals surface area contributed by atoms with Crippen LogP contribution in [0.2, 0.25) is 0 Å². The molecule has 0 unspecified atom stereocenters. The van der Waals surface area contributed by atoms with Gasteiger partial charge in [0.1, 0.15) is 5.76 Å². The summed E-state index contributed by atoms with van der Waals surface area (Å²) in [4.78, 5) is 15.4. The molecular weight excluding hydrogens is 226 g/mol. The van der Waals surface area contributed by atoms with Gasteiger partial charge in [0.05, 0.1) is 19.4 Å². The summed E-state index contributed by atoms with van der Waals surface area (Å²) in [6, 6.07) is 3.67. The Balaban J connectivity index is 1.68. The molecule has 1 amide bonds. The smallest absolute Gasteiger partial charge is 0.240 e. The molecule has 0 aliphatic heterocycles. The average Bonchev–Trinajstić information content (AvgIpc) is 2.90. The van der Waals surface area contributed by atoms with Crippen molar-refractivity contribution in [1.82, 2.24) is 10.3 Å². The minimum Gasteiger partial charge on any atom is -0.468 e. The number of hydrogen-bond acceptors (Lipinski definition) is 5. The number of aromatic nitrogens is 1. The van der Waals surface area contributed by atoms with Gasteiger partial charge in [0.25, 0.3) is 0 Å². The Morgan fingerprint density at radius 3 is 3.19 bits per heavy atom. The second-order valence-electron chi connectivity index (χ2n) is 3.07. The Morgan fingerprint density at radius 1 is 1.56 bits per heavy atom. The number of rotatable bonds is 5. The summed E-state index contributed by atoms with van der Waals surface area (Å²) in [6.07, 6.45) is 3.25. The molecule has 6 heteroatoms. The number of carbonyl (C=O) groups is 1. The lowest BCUT2D eigenvalue weighted by atomic mass is 10.4. The van der Waals surface area contributed by atoms with Crippen LogP contribution in [0.1, 0.15) is 5.76 Å². The van der Waals surface area contributed by atoms with Crippen molar-refractivity contribution >= 4 is 22.4 Å². The first kappa shape index (κ1) is 10.8. The van der Waals surface area contributed by atoms with Gasteiger partial charge in [-0.15, -0.1) is 11.3 Å². The number of anilines is 1. The molecule has 2 aromatic rings. The van der Waals surface area contributed by atoms with Crippen molar-refractivity contribution in [3.8, 4) is 0 Å². The molecule has 0 aromatic carbocycles. The van der Waals surface area contributed by atoms with Crippen molar-refractivity contribution in [3.63, 3.8) is 0 Å². The first-order valence-corrected chi connectivity index (χ1v) is 5.65. The molecule has 84 valence electrons. The molecular formula is C10H11N3O2S. The average molecular weight is 237 g/mol. The normalized spacial score (nSPS) is 10.2. The van der Waals surface area contributed by atoms with Crippen molar-refractivity contribution in [3.05, 3.63) is 35.7 Å². The molecule has 5 nitrogen and oxygen atoms in total. The lowest BCUT2D eigenvalue weighted by Crippen LogP contribution is -2.27. The summed E-state index contributed by atoms with van der Waals surface area (Å²) in [5.74, 6) is 0.698. The lowest BCUT2D eigenvalue weighted by Gasteiger charge is -2.02. The predicted octanol–water partition coefficient (Wildman–Crippen LogP) is 1.46. The second-order valence-corrected chi connectivity index (χ2v) is 3.96. The third kappa shape index (κ3) is 3.18. The first-order valence-electron chi connectivity index (χ1n) is 4.77. The standard InChI is InChI=1S/C10H11N3O2S/c14-9(13-10-12-3-5-16-10)7-11-6-8-2-1-4-15-8/h1-5,11H,6-7H2,(H,12,13,14). The van der Waals surface area contributed by atoms with E-state index in [0.717, 1.165) is 5.76 Å². The maximum Gasteiger partial charge on any atom is 0.240 e. The van der Waals surface area contributed by atoms with E-state index in [4.69, 9.17) is 4.42 Å². The van der Waals surface area contributed by atoms with Gasteiger partial charge in [-0.1, -0.05) is 0 Å². The lowest BCUT2D eigenvalue weighted by molar-refractivity contribution is -0.115. The molecule has 0 bridgehead atoms. The van der Waals surface area contributed by atoms with Crippen LogP contribution in [0.15, 0.2) is 34.4 Å². The van der Waals surface area contributed by atoms with Gasteiger partial charge in [-0.05, 0) is 12.1 Å². The van der Waals surface area contributed by atoms with E-state index in [1.54, 1.807) is 12.5 Å². The highest BCUT2D eigenvalue weighted by atomic mass is 32.1. The van der Waals surface area contributed by atoms with E-state index in [-0.39, 0.29) is 12.5 Å². The summed E-state index contributed by atoms with van der Waals surface area (Å²) in [5, 5.41) is 8.08. The Hall–Kier alpha value is -1.66. The molecule has 0 atom stereocenters. The maximum absolute atomic E-state index is 11.4. The monoisotopic (exact) mass is 237 g/mol. The fraction of sp³-hybridized carbons (Fsp3) is 0.200. The molecule has 0 aliphatic rings. The minimum atomic E-state index is -0.110. The van der Waals surface area contributed by atoms with Crippen LogP contribution in [0.3, 0.4) is 0 Å². The Kier molecular flexibility index (Phi) is 3.68. The summed E-state index contributed by atoms with van der Waals surface area (Å²) in [7, 11) is 0. The third-order valence-electron chi connectivity index (χ3n) is 1.84. The molecule has 2 rings (SSSR count). The zero-order valence-corrected chi connectivity index (χ0v) is 9.29. The second kappa shape index (κ2) is 5.43. The molecule has 2 aromatic heterocycles. The van der Waals surface area contributed by atoms with Gasteiger partial charge < -0.3 is 15.1 Å². The highest BCUT2D eigenvalue weighted by molar-refractivity contribution is 7.13. The number of hydrogen-bond donors (Lipinski definition) is 2. The van der Waals surface area contributed by atoms with Crippen LogP contribution >= 0.6 is 11.3 Å².